The fraction of sp³-hybridized carbons (Fsp3) is 0.250. The van der Waals surface area contributed by atoms with Crippen LogP contribution >= 0.6 is 11.6 Å². The highest BCUT2D eigenvalue weighted by molar-refractivity contribution is 7.84. The maximum absolute atomic E-state index is 12.3. The van der Waals surface area contributed by atoms with Gasteiger partial charge in [-0.2, -0.15) is 21.6 Å². The average molecular weight is 290 g/mol. The van der Waals surface area contributed by atoms with E-state index in [1.807, 2.05) is 0 Å². The van der Waals surface area contributed by atoms with Crippen molar-refractivity contribution in [3.63, 3.8) is 0 Å². The minimum atomic E-state index is -4.54. The predicted octanol–water partition coefficient (Wildman–Crippen LogP) is 2.08. The van der Waals surface area contributed by atoms with E-state index in [9.17, 15) is 21.6 Å². The largest absolute Gasteiger partial charge is 0.416 e. The molecule has 1 aromatic carbocycles. The summed E-state index contributed by atoms with van der Waals surface area (Å²) in [7, 11) is -4.23. The van der Waals surface area contributed by atoms with E-state index in [1.54, 1.807) is 0 Å². The Hall–Kier alpha value is -0.830. The molecule has 0 aromatic heterocycles. The number of hydrogen-bond donors (Lipinski definition) is 1. The van der Waals surface area contributed by atoms with Crippen LogP contribution in [0.1, 0.15) is 11.1 Å². The molecule has 9 heteroatoms. The highest BCUT2D eigenvalue weighted by Gasteiger charge is 2.30. The van der Waals surface area contributed by atoms with Gasteiger partial charge in [0.05, 0.1) is 12.2 Å². The van der Waals surface area contributed by atoms with Crippen molar-refractivity contribution in [3.05, 3.63) is 34.3 Å². The summed E-state index contributed by atoms with van der Waals surface area (Å²) in [5, 5.41) is 4.50. The zero-order valence-corrected chi connectivity index (χ0v) is 9.73. The Kier molecular flexibility index (Phi) is 4.03. The third-order valence-corrected chi connectivity index (χ3v) is 2.57. The molecule has 0 radical (unpaired) electrons. The molecule has 0 fully saturated rings. The summed E-state index contributed by atoms with van der Waals surface area (Å²) in [6, 6.07) is 2.49. The van der Waals surface area contributed by atoms with Crippen molar-refractivity contribution in [2.24, 2.45) is 5.14 Å². The van der Waals surface area contributed by atoms with Gasteiger partial charge in [0.1, 0.15) is 0 Å². The van der Waals surface area contributed by atoms with Crippen LogP contribution < -0.4 is 5.14 Å². The summed E-state index contributed by atoms with van der Waals surface area (Å²) in [6.45, 7) is -0.651. The van der Waals surface area contributed by atoms with Crippen LogP contribution in [0.25, 0.3) is 0 Å². The normalized spacial score (nSPS) is 12.8. The number of halogens is 4. The molecule has 1 aromatic rings. The Bertz CT molecular complexity index is 515. The van der Waals surface area contributed by atoms with Crippen LogP contribution in [0.4, 0.5) is 13.2 Å². The second-order valence-electron chi connectivity index (χ2n) is 3.06. The van der Waals surface area contributed by atoms with Crippen LogP contribution in [0, 0.1) is 0 Å². The van der Waals surface area contributed by atoms with Crippen molar-refractivity contribution in [2.75, 3.05) is 0 Å². The monoisotopic (exact) mass is 289 g/mol. The molecule has 0 bridgehead atoms. The predicted molar refractivity (Wildman–Crippen MR) is 54.4 cm³/mol. The molecule has 0 saturated heterocycles. The molecule has 4 nitrogen and oxygen atoms in total. The van der Waals surface area contributed by atoms with Gasteiger partial charge >= 0.3 is 16.5 Å². The zero-order chi connectivity index (χ0) is 13.3. The van der Waals surface area contributed by atoms with Gasteiger partial charge in [0.15, 0.2) is 0 Å². The van der Waals surface area contributed by atoms with Crippen LogP contribution in [-0.4, -0.2) is 8.42 Å². The second-order valence-corrected chi connectivity index (χ2v) is 4.69. The quantitative estimate of drug-likeness (QED) is 0.926. The van der Waals surface area contributed by atoms with Crippen molar-refractivity contribution < 1.29 is 25.8 Å². The third-order valence-electron chi connectivity index (χ3n) is 1.75. The van der Waals surface area contributed by atoms with Gasteiger partial charge in [-0.1, -0.05) is 11.6 Å². The van der Waals surface area contributed by atoms with Gasteiger partial charge in [-0.15, -0.1) is 0 Å². The summed E-state index contributed by atoms with van der Waals surface area (Å²) in [6.07, 6.45) is -4.54. The van der Waals surface area contributed by atoms with E-state index in [-0.39, 0.29) is 10.6 Å². The SMILES string of the molecule is NS(=O)(=O)OCc1cc(C(F)(F)F)ccc1Cl. The van der Waals surface area contributed by atoms with Crippen LogP contribution in [0.2, 0.25) is 5.02 Å². The first-order valence-corrected chi connectivity index (χ1v) is 5.97. The summed E-state index contributed by atoms with van der Waals surface area (Å²) >= 11 is 5.59. The van der Waals surface area contributed by atoms with E-state index in [0.717, 1.165) is 12.1 Å². The summed E-state index contributed by atoms with van der Waals surface area (Å²) in [4.78, 5) is 0. The molecule has 0 aliphatic heterocycles. The molecule has 96 valence electrons. The highest BCUT2D eigenvalue weighted by atomic mass is 35.5. The van der Waals surface area contributed by atoms with Crippen molar-refractivity contribution in [1.82, 2.24) is 0 Å². The Morgan fingerprint density at radius 3 is 2.41 bits per heavy atom. The van der Waals surface area contributed by atoms with Crippen LogP contribution in [0.5, 0.6) is 0 Å². The van der Waals surface area contributed by atoms with Gasteiger partial charge in [0.2, 0.25) is 0 Å². The lowest BCUT2D eigenvalue weighted by Crippen LogP contribution is -2.16. The van der Waals surface area contributed by atoms with Crippen LogP contribution in [-0.2, 0) is 27.3 Å². The average Bonchev–Trinajstić information content (AvgIpc) is 2.13. The van der Waals surface area contributed by atoms with Gasteiger partial charge in [-0.25, -0.2) is 5.14 Å². The molecule has 0 amide bonds. The number of hydrogen-bond acceptors (Lipinski definition) is 3. The number of nitrogens with two attached hydrogens (primary N) is 1. The smallest absolute Gasteiger partial charge is 0.253 e. The molecule has 0 heterocycles. The Morgan fingerprint density at radius 2 is 1.94 bits per heavy atom. The molecule has 0 spiro atoms. The van der Waals surface area contributed by atoms with Crippen LogP contribution in [0.3, 0.4) is 0 Å². The molecule has 0 unspecified atom stereocenters. The van der Waals surface area contributed by atoms with Crippen LogP contribution in [0.15, 0.2) is 18.2 Å². The summed E-state index contributed by atoms with van der Waals surface area (Å²) < 4.78 is 62.2. The maximum Gasteiger partial charge on any atom is 0.416 e. The fourth-order valence-corrected chi connectivity index (χ4v) is 1.47. The number of rotatable bonds is 3. The molecule has 0 aliphatic carbocycles. The van der Waals surface area contributed by atoms with Gasteiger partial charge in [0, 0.05) is 5.02 Å². The summed E-state index contributed by atoms with van der Waals surface area (Å²) in [5.41, 5.74) is -1.06. The lowest BCUT2D eigenvalue weighted by Gasteiger charge is -2.10. The van der Waals surface area contributed by atoms with Crippen molar-refractivity contribution >= 4 is 21.9 Å². The van der Waals surface area contributed by atoms with Gasteiger partial charge in [-0.05, 0) is 23.8 Å². The van der Waals surface area contributed by atoms with Gasteiger partial charge in [0.25, 0.3) is 0 Å². The molecule has 0 aliphatic rings. The molecule has 0 saturated carbocycles. The first-order chi connectivity index (χ1) is 7.59. The van der Waals surface area contributed by atoms with Crippen molar-refractivity contribution in [2.45, 2.75) is 12.8 Å². The second kappa shape index (κ2) is 4.81. The highest BCUT2D eigenvalue weighted by Crippen LogP contribution is 2.32. The topological polar surface area (TPSA) is 69.4 Å². The molecule has 17 heavy (non-hydrogen) atoms. The first-order valence-electron chi connectivity index (χ1n) is 4.12. The Labute approximate surface area is 100 Å². The lowest BCUT2D eigenvalue weighted by molar-refractivity contribution is -0.137. The number of alkyl halides is 3. The van der Waals surface area contributed by atoms with E-state index >= 15 is 0 Å². The molecule has 0 atom stereocenters. The molecular weight excluding hydrogens is 283 g/mol. The molecular formula is C8H7ClF3NO3S. The van der Waals surface area contributed by atoms with E-state index in [0.29, 0.717) is 6.07 Å². The minimum Gasteiger partial charge on any atom is -0.253 e. The van der Waals surface area contributed by atoms with Crippen molar-refractivity contribution in [1.29, 1.82) is 0 Å². The number of benzene rings is 1. The van der Waals surface area contributed by atoms with Gasteiger partial charge in [-0.3, -0.25) is 4.18 Å². The first kappa shape index (κ1) is 14.2. The minimum absolute atomic E-state index is 0.0401. The van der Waals surface area contributed by atoms with Gasteiger partial charge < -0.3 is 0 Å². The molecule has 1 rings (SSSR count). The van der Waals surface area contributed by atoms with E-state index in [1.165, 1.54) is 0 Å². The van der Waals surface area contributed by atoms with E-state index in [4.69, 9.17) is 11.6 Å². The molecule has 2 N–H and O–H groups in total. The maximum atomic E-state index is 12.3. The summed E-state index contributed by atoms with van der Waals surface area (Å²) in [5.74, 6) is 0. The van der Waals surface area contributed by atoms with E-state index < -0.39 is 28.7 Å². The van der Waals surface area contributed by atoms with E-state index in [2.05, 4.69) is 9.32 Å². The fourth-order valence-electron chi connectivity index (χ4n) is 1.01. The zero-order valence-electron chi connectivity index (χ0n) is 8.16. The standard InChI is InChI=1S/C8H7ClF3NO3S/c9-7-2-1-6(8(10,11)12)3-5(7)4-16-17(13,14)15/h1-3H,4H2,(H2,13,14,15). The lowest BCUT2D eigenvalue weighted by atomic mass is 10.1. The van der Waals surface area contributed by atoms with Crippen molar-refractivity contribution in [3.8, 4) is 0 Å². The third kappa shape index (κ3) is 4.50. The Balaban J connectivity index is 3.00. The Morgan fingerprint density at radius 1 is 1.35 bits per heavy atom.